The fourth-order valence-corrected chi connectivity index (χ4v) is 0.715. The van der Waals surface area contributed by atoms with Crippen molar-refractivity contribution in [2.45, 2.75) is 32.1 Å². The summed E-state index contributed by atoms with van der Waals surface area (Å²) in [7, 11) is 0. The Morgan fingerprint density at radius 3 is 1.31 bits per heavy atom. The molecule has 0 aromatic carbocycles. The second-order valence-corrected chi connectivity index (χ2v) is 2.30. The van der Waals surface area contributed by atoms with Crippen LogP contribution in [0.4, 0.5) is 0 Å². The van der Waals surface area contributed by atoms with Crippen molar-refractivity contribution in [1.82, 2.24) is 0 Å². The van der Waals surface area contributed by atoms with E-state index in [9.17, 15) is 19.8 Å². The third-order valence-corrected chi connectivity index (χ3v) is 1.26. The first-order chi connectivity index (χ1) is 5.13. The summed E-state index contributed by atoms with van der Waals surface area (Å²) in [5.41, 5.74) is 0. The van der Waals surface area contributed by atoms with Gasteiger partial charge in [-0.1, -0.05) is 6.42 Å². The molecular weight excluding hydrogens is 162 g/mol. The van der Waals surface area contributed by atoms with E-state index in [0.717, 1.165) is 0 Å². The van der Waals surface area contributed by atoms with Gasteiger partial charge < -0.3 is 19.8 Å². The van der Waals surface area contributed by atoms with Crippen LogP contribution in [0, 0.1) is 0 Å². The third-order valence-electron chi connectivity index (χ3n) is 1.26. The van der Waals surface area contributed by atoms with Crippen LogP contribution >= 0.6 is 0 Å². The molecule has 0 atom stereocenters. The van der Waals surface area contributed by atoms with E-state index < -0.39 is 11.9 Å². The molecule has 0 radical (unpaired) electrons. The zero-order valence-corrected chi connectivity index (χ0v) is 8.17. The summed E-state index contributed by atoms with van der Waals surface area (Å²) in [6, 6.07) is 0. The molecule has 0 heterocycles. The molecule has 0 fully saturated rings. The average Bonchev–Trinajstić information content (AvgIpc) is 1.85. The summed E-state index contributed by atoms with van der Waals surface area (Å²) in [4.78, 5) is 19.7. The Morgan fingerprint density at radius 1 is 0.769 bits per heavy atom. The van der Waals surface area contributed by atoms with Crippen LogP contribution < -0.4 is 47.9 Å². The maximum Gasteiger partial charge on any atom is 1.00 e. The zero-order valence-electron chi connectivity index (χ0n) is 8.17. The van der Waals surface area contributed by atoms with Crippen LogP contribution in [0.1, 0.15) is 32.1 Å². The van der Waals surface area contributed by atoms with Gasteiger partial charge in [-0.25, -0.2) is 0 Å². The van der Waals surface area contributed by atoms with Crippen LogP contribution in [-0.2, 0) is 9.59 Å². The van der Waals surface area contributed by atoms with E-state index in [1.54, 1.807) is 0 Å². The summed E-state index contributed by atoms with van der Waals surface area (Å²) >= 11 is 0. The van der Waals surface area contributed by atoms with E-state index >= 15 is 0 Å². The molecule has 4 nitrogen and oxygen atoms in total. The Hall–Kier alpha value is 0.135. The van der Waals surface area contributed by atoms with Crippen molar-refractivity contribution in [3.8, 4) is 0 Å². The Labute approximate surface area is 101 Å². The van der Waals surface area contributed by atoms with E-state index in [1.807, 2.05) is 0 Å². The van der Waals surface area contributed by atoms with Gasteiger partial charge in [0, 0.05) is 11.9 Å². The largest absolute Gasteiger partial charge is 1.00 e. The predicted molar refractivity (Wildman–Crippen MR) is 33.1 cm³/mol. The molecule has 0 N–H and O–H groups in total. The quantitative estimate of drug-likeness (QED) is 0.294. The monoisotopic (exact) mass is 172 g/mol. The summed E-state index contributed by atoms with van der Waals surface area (Å²) < 4.78 is 0. The van der Waals surface area contributed by atoms with Gasteiger partial charge in [0.1, 0.15) is 0 Å². The van der Waals surface area contributed by atoms with E-state index in [0.29, 0.717) is 19.3 Å². The minimum Gasteiger partial charge on any atom is -0.550 e. The average molecular weight is 172 g/mol. The van der Waals surface area contributed by atoms with Crippen LogP contribution in [0.5, 0.6) is 0 Å². The number of carbonyl (C=O) groups excluding carboxylic acids is 2. The first kappa shape index (κ1) is 18.8. The number of unbranched alkanes of at least 4 members (excludes halogenated alkanes) is 2. The fourth-order valence-electron chi connectivity index (χ4n) is 0.715. The minimum absolute atomic E-state index is 0. The fraction of sp³-hybridized carbons (Fsp3) is 0.714. The molecule has 0 saturated heterocycles. The van der Waals surface area contributed by atoms with Crippen molar-refractivity contribution >= 4 is 11.9 Å². The molecule has 0 aliphatic carbocycles. The molecule has 0 aliphatic rings. The maximum atomic E-state index is 9.86. The molecule has 0 aromatic rings. The van der Waals surface area contributed by atoms with Crippen LogP contribution in [0.3, 0.4) is 0 Å². The summed E-state index contributed by atoms with van der Waals surface area (Å²) in [6.45, 7) is 0. The topological polar surface area (TPSA) is 80.3 Å². The molecular formula is C7H10Li2O4. The van der Waals surface area contributed by atoms with Gasteiger partial charge in [0.25, 0.3) is 0 Å². The molecule has 6 heteroatoms. The molecule has 13 heavy (non-hydrogen) atoms. The van der Waals surface area contributed by atoms with Gasteiger partial charge in [-0.05, 0) is 25.7 Å². The van der Waals surface area contributed by atoms with E-state index in [-0.39, 0.29) is 50.6 Å². The third kappa shape index (κ3) is 18.8. The van der Waals surface area contributed by atoms with Gasteiger partial charge >= 0.3 is 37.7 Å². The number of carboxylic acid groups (broad SMARTS) is 2. The van der Waals surface area contributed by atoms with Crippen molar-refractivity contribution < 1.29 is 57.5 Å². The molecule has 0 aromatic heterocycles. The smallest absolute Gasteiger partial charge is 0.550 e. The van der Waals surface area contributed by atoms with Crippen molar-refractivity contribution in [3.05, 3.63) is 0 Å². The van der Waals surface area contributed by atoms with Gasteiger partial charge in [0.15, 0.2) is 0 Å². The Bertz CT molecular complexity index is 133. The molecule has 0 amide bonds. The number of hydrogen-bond donors (Lipinski definition) is 0. The summed E-state index contributed by atoms with van der Waals surface area (Å²) in [5.74, 6) is -2.17. The Balaban J connectivity index is -0.000000500. The normalized spacial score (nSPS) is 8.00. The SMILES string of the molecule is O=C([O-])CCCCCC(=O)[O-].[Li+].[Li+]. The number of carbonyl (C=O) groups is 2. The first-order valence-electron chi connectivity index (χ1n) is 3.52. The number of hydrogen-bond acceptors (Lipinski definition) is 4. The van der Waals surface area contributed by atoms with Gasteiger partial charge in [-0.2, -0.15) is 0 Å². The van der Waals surface area contributed by atoms with Crippen molar-refractivity contribution in [2.75, 3.05) is 0 Å². The van der Waals surface area contributed by atoms with Crippen molar-refractivity contribution in [2.24, 2.45) is 0 Å². The van der Waals surface area contributed by atoms with Crippen LogP contribution in [0.2, 0.25) is 0 Å². The predicted octanol–water partition coefficient (Wildman–Crippen LogP) is -7.56. The molecule has 0 spiro atoms. The number of carboxylic acids is 2. The second-order valence-electron chi connectivity index (χ2n) is 2.30. The Kier molecular flexibility index (Phi) is 17.6. The molecule has 0 saturated carbocycles. The van der Waals surface area contributed by atoms with Crippen LogP contribution in [0.15, 0.2) is 0 Å². The van der Waals surface area contributed by atoms with Crippen molar-refractivity contribution in [3.63, 3.8) is 0 Å². The van der Waals surface area contributed by atoms with E-state index in [4.69, 9.17) is 0 Å². The minimum atomic E-state index is -1.08. The molecule has 0 unspecified atom stereocenters. The van der Waals surface area contributed by atoms with E-state index in [2.05, 4.69) is 0 Å². The van der Waals surface area contributed by atoms with Gasteiger partial charge in [-0.15, -0.1) is 0 Å². The standard InChI is InChI=1S/C7H12O4.2Li/c8-6(9)4-2-1-3-5-7(10)11;;/h1-5H2,(H,8,9)(H,10,11);;/q;2*+1/p-2. The van der Waals surface area contributed by atoms with Gasteiger partial charge in [0.2, 0.25) is 0 Å². The van der Waals surface area contributed by atoms with E-state index in [1.165, 1.54) is 0 Å². The van der Waals surface area contributed by atoms with Gasteiger partial charge in [0.05, 0.1) is 0 Å². The van der Waals surface area contributed by atoms with Crippen LogP contribution in [-0.4, -0.2) is 11.9 Å². The molecule has 0 bridgehead atoms. The summed E-state index contributed by atoms with van der Waals surface area (Å²) in [5, 5.41) is 19.7. The second kappa shape index (κ2) is 12.1. The zero-order chi connectivity index (χ0) is 8.69. The maximum absolute atomic E-state index is 9.86. The summed E-state index contributed by atoms with van der Waals surface area (Å²) in [6.07, 6.45) is 1.58. The van der Waals surface area contributed by atoms with Gasteiger partial charge in [-0.3, -0.25) is 0 Å². The molecule has 64 valence electrons. The molecule has 0 rings (SSSR count). The number of rotatable bonds is 6. The van der Waals surface area contributed by atoms with Crippen LogP contribution in [0.25, 0.3) is 0 Å². The molecule has 0 aliphatic heterocycles. The first-order valence-corrected chi connectivity index (χ1v) is 3.52. The van der Waals surface area contributed by atoms with Crippen molar-refractivity contribution in [1.29, 1.82) is 0 Å². The Morgan fingerprint density at radius 2 is 1.08 bits per heavy atom. The number of aliphatic carboxylic acids is 2.